The van der Waals surface area contributed by atoms with Gasteiger partial charge in [0, 0.05) is 21.6 Å². The molecule has 2 aromatic rings. The van der Waals surface area contributed by atoms with Gasteiger partial charge in [-0.25, -0.2) is 12.8 Å². The first-order valence-corrected chi connectivity index (χ1v) is 8.94. The first-order valence-electron chi connectivity index (χ1n) is 6.23. The highest BCUT2D eigenvalue weighted by atomic mass is 32.2. The Morgan fingerprint density at radius 3 is 2.29 bits per heavy atom. The summed E-state index contributed by atoms with van der Waals surface area (Å²) in [6.45, 7) is 1.51. The second-order valence-electron chi connectivity index (χ2n) is 4.67. The fourth-order valence-electron chi connectivity index (χ4n) is 1.89. The molecule has 0 aliphatic rings. The van der Waals surface area contributed by atoms with Crippen LogP contribution in [-0.2, 0) is 9.84 Å². The van der Waals surface area contributed by atoms with Gasteiger partial charge in [0.05, 0.1) is 11.0 Å². The molecule has 0 fully saturated rings. The van der Waals surface area contributed by atoms with E-state index in [9.17, 15) is 17.9 Å². The van der Waals surface area contributed by atoms with Gasteiger partial charge in [-0.2, -0.15) is 0 Å². The zero-order valence-corrected chi connectivity index (χ0v) is 13.2. The number of sulfone groups is 1. The van der Waals surface area contributed by atoms with Gasteiger partial charge in [-0.05, 0) is 43.3 Å². The molecule has 0 saturated heterocycles. The molecule has 3 nitrogen and oxygen atoms in total. The summed E-state index contributed by atoms with van der Waals surface area (Å²) in [5.41, 5.74) is 0.245. The van der Waals surface area contributed by atoms with Crippen LogP contribution in [0.2, 0.25) is 0 Å². The standard InChI is InChI=1S/C15H15FO3S2/c1-10(17)15-13(16)4-3-5-14(15)20-11-6-8-12(9-7-11)21(2,18)19/h3-10,17H,1-2H3/t10-/m0/s1. The SMILES string of the molecule is C[C@H](O)c1c(F)cccc1Sc1ccc(S(C)(=O)=O)cc1. The van der Waals surface area contributed by atoms with Crippen molar-refractivity contribution < 1.29 is 17.9 Å². The zero-order valence-electron chi connectivity index (χ0n) is 11.6. The van der Waals surface area contributed by atoms with Crippen LogP contribution in [0.5, 0.6) is 0 Å². The van der Waals surface area contributed by atoms with E-state index in [1.165, 1.54) is 36.9 Å². The molecule has 2 aromatic carbocycles. The first-order chi connectivity index (χ1) is 9.79. The van der Waals surface area contributed by atoms with Crippen LogP contribution in [0.25, 0.3) is 0 Å². The van der Waals surface area contributed by atoms with E-state index in [4.69, 9.17) is 0 Å². The lowest BCUT2D eigenvalue weighted by Gasteiger charge is -2.12. The van der Waals surface area contributed by atoms with Crippen molar-refractivity contribution in [3.63, 3.8) is 0 Å². The minimum absolute atomic E-state index is 0.238. The number of hydrogen-bond donors (Lipinski definition) is 1. The van der Waals surface area contributed by atoms with Crippen molar-refractivity contribution >= 4 is 21.6 Å². The van der Waals surface area contributed by atoms with Crippen LogP contribution in [0.1, 0.15) is 18.6 Å². The molecule has 21 heavy (non-hydrogen) atoms. The first kappa shape index (κ1) is 16.0. The predicted octanol–water partition coefficient (Wildman–Crippen LogP) is 3.43. The van der Waals surface area contributed by atoms with Gasteiger partial charge in [-0.1, -0.05) is 17.8 Å². The Bertz CT molecular complexity index is 738. The molecule has 0 amide bonds. The summed E-state index contributed by atoms with van der Waals surface area (Å²) >= 11 is 1.28. The number of benzene rings is 2. The maximum atomic E-state index is 13.8. The van der Waals surface area contributed by atoms with Crippen LogP contribution >= 0.6 is 11.8 Å². The van der Waals surface area contributed by atoms with E-state index >= 15 is 0 Å². The van der Waals surface area contributed by atoms with E-state index in [0.717, 1.165) is 11.2 Å². The molecular formula is C15H15FO3S2. The molecule has 0 heterocycles. The summed E-state index contributed by atoms with van der Waals surface area (Å²) in [7, 11) is -3.23. The maximum Gasteiger partial charge on any atom is 0.175 e. The van der Waals surface area contributed by atoms with Gasteiger partial charge in [-0.15, -0.1) is 0 Å². The van der Waals surface area contributed by atoms with Gasteiger partial charge < -0.3 is 5.11 Å². The number of aliphatic hydroxyl groups is 1. The number of aliphatic hydroxyl groups excluding tert-OH is 1. The Labute approximate surface area is 127 Å². The van der Waals surface area contributed by atoms with Gasteiger partial charge in [0.2, 0.25) is 0 Å². The number of halogens is 1. The smallest absolute Gasteiger partial charge is 0.175 e. The average Bonchev–Trinajstić information content (AvgIpc) is 2.38. The third-order valence-corrected chi connectivity index (χ3v) is 5.12. The molecule has 0 aliphatic carbocycles. The van der Waals surface area contributed by atoms with Crippen molar-refractivity contribution in [1.82, 2.24) is 0 Å². The van der Waals surface area contributed by atoms with Crippen molar-refractivity contribution in [1.29, 1.82) is 0 Å². The fourth-order valence-corrected chi connectivity index (χ4v) is 3.57. The van der Waals surface area contributed by atoms with E-state index in [1.54, 1.807) is 24.3 Å². The van der Waals surface area contributed by atoms with E-state index in [2.05, 4.69) is 0 Å². The maximum absolute atomic E-state index is 13.8. The molecule has 0 radical (unpaired) electrons. The van der Waals surface area contributed by atoms with Crippen LogP contribution in [-0.4, -0.2) is 19.8 Å². The molecule has 0 spiro atoms. The molecule has 1 N–H and O–H groups in total. The second kappa shape index (κ2) is 6.17. The molecule has 0 bridgehead atoms. The van der Waals surface area contributed by atoms with Gasteiger partial charge in [-0.3, -0.25) is 0 Å². The Morgan fingerprint density at radius 2 is 1.76 bits per heavy atom. The lowest BCUT2D eigenvalue weighted by atomic mass is 10.1. The number of rotatable bonds is 4. The minimum atomic E-state index is -3.23. The van der Waals surface area contributed by atoms with E-state index in [0.29, 0.717) is 4.90 Å². The summed E-state index contributed by atoms with van der Waals surface area (Å²) in [6, 6.07) is 11.0. The van der Waals surface area contributed by atoms with E-state index < -0.39 is 21.8 Å². The normalized spacial score (nSPS) is 13.1. The molecule has 112 valence electrons. The predicted molar refractivity (Wildman–Crippen MR) is 80.7 cm³/mol. The molecule has 2 rings (SSSR count). The highest BCUT2D eigenvalue weighted by Gasteiger charge is 2.14. The van der Waals surface area contributed by atoms with Crippen molar-refractivity contribution in [2.45, 2.75) is 27.7 Å². The van der Waals surface area contributed by atoms with Gasteiger partial charge in [0.15, 0.2) is 9.84 Å². The van der Waals surface area contributed by atoms with Crippen molar-refractivity contribution in [2.75, 3.05) is 6.26 Å². The van der Waals surface area contributed by atoms with Gasteiger partial charge >= 0.3 is 0 Å². The quantitative estimate of drug-likeness (QED) is 0.935. The van der Waals surface area contributed by atoms with Crippen LogP contribution in [0, 0.1) is 5.82 Å². The molecular weight excluding hydrogens is 311 g/mol. The van der Waals surface area contributed by atoms with Crippen LogP contribution in [0.3, 0.4) is 0 Å². The summed E-state index contributed by atoms with van der Waals surface area (Å²) < 4.78 is 36.6. The summed E-state index contributed by atoms with van der Waals surface area (Å²) in [5.74, 6) is -0.456. The molecule has 6 heteroatoms. The van der Waals surface area contributed by atoms with Crippen LogP contribution in [0.4, 0.5) is 4.39 Å². The lowest BCUT2D eigenvalue weighted by molar-refractivity contribution is 0.191. The van der Waals surface area contributed by atoms with Crippen molar-refractivity contribution in [3.05, 3.63) is 53.8 Å². The minimum Gasteiger partial charge on any atom is -0.389 e. The molecule has 0 aliphatic heterocycles. The summed E-state index contributed by atoms with van der Waals surface area (Å²) in [6.07, 6.45) is 0.233. The molecule has 0 aromatic heterocycles. The second-order valence-corrected chi connectivity index (χ2v) is 7.80. The lowest BCUT2D eigenvalue weighted by Crippen LogP contribution is -1.98. The van der Waals surface area contributed by atoms with Gasteiger partial charge in [0.25, 0.3) is 0 Å². The third-order valence-electron chi connectivity index (χ3n) is 2.91. The highest BCUT2D eigenvalue weighted by Crippen LogP contribution is 2.35. The molecule has 1 atom stereocenters. The largest absolute Gasteiger partial charge is 0.389 e. The Kier molecular flexibility index (Phi) is 4.70. The Hall–Kier alpha value is -1.37. The molecule has 0 unspecified atom stereocenters. The van der Waals surface area contributed by atoms with Crippen LogP contribution < -0.4 is 0 Å². The topological polar surface area (TPSA) is 54.4 Å². The fraction of sp³-hybridized carbons (Fsp3) is 0.200. The summed E-state index contributed by atoms with van der Waals surface area (Å²) in [4.78, 5) is 1.62. The van der Waals surface area contributed by atoms with Crippen molar-refractivity contribution in [3.8, 4) is 0 Å². The Morgan fingerprint density at radius 1 is 1.14 bits per heavy atom. The van der Waals surface area contributed by atoms with E-state index in [-0.39, 0.29) is 10.5 Å². The van der Waals surface area contributed by atoms with E-state index in [1.807, 2.05) is 0 Å². The monoisotopic (exact) mass is 326 g/mol. The highest BCUT2D eigenvalue weighted by molar-refractivity contribution is 7.99. The van der Waals surface area contributed by atoms with Gasteiger partial charge in [0.1, 0.15) is 5.82 Å². The number of hydrogen-bond acceptors (Lipinski definition) is 4. The average molecular weight is 326 g/mol. The third kappa shape index (κ3) is 3.84. The van der Waals surface area contributed by atoms with Crippen molar-refractivity contribution in [2.24, 2.45) is 0 Å². The summed E-state index contributed by atoms with van der Waals surface area (Å²) in [5, 5.41) is 9.68. The zero-order chi connectivity index (χ0) is 15.6. The Balaban J connectivity index is 2.33. The molecule has 0 saturated carbocycles. The van der Waals surface area contributed by atoms with Crippen LogP contribution in [0.15, 0.2) is 57.2 Å².